The third kappa shape index (κ3) is 2.58. The third-order valence-corrected chi connectivity index (χ3v) is 3.66. The molecule has 0 saturated carbocycles. The van der Waals surface area contributed by atoms with Crippen LogP contribution in [0.25, 0.3) is 10.9 Å². The van der Waals surface area contributed by atoms with Gasteiger partial charge in [0.25, 0.3) is 0 Å². The molecule has 0 radical (unpaired) electrons. The second kappa shape index (κ2) is 5.02. The number of hydrogen-bond acceptors (Lipinski definition) is 3. The van der Waals surface area contributed by atoms with Crippen molar-refractivity contribution in [1.82, 2.24) is 4.57 Å². The van der Waals surface area contributed by atoms with E-state index in [0.29, 0.717) is 0 Å². The zero-order chi connectivity index (χ0) is 12.4. The zero-order valence-electron chi connectivity index (χ0n) is 10.2. The van der Waals surface area contributed by atoms with Gasteiger partial charge >= 0.3 is 0 Å². The molecule has 2 aromatic rings. The number of nitrogens with two attached hydrogens (primary N) is 1. The van der Waals surface area contributed by atoms with Crippen LogP contribution in [0.1, 0.15) is 13.3 Å². The Kier molecular flexibility index (Phi) is 3.64. The Balaban J connectivity index is 2.41. The van der Waals surface area contributed by atoms with Gasteiger partial charge in [0.2, 0.25) is 0 Å². The van der Waals surface area contributed by atoms with Gasteiger partial charge in [0.05, 0.1) is 11.6 Å². The molecule has 2 rings (SSSR count). The van der Waals surface area contributed by atoms with Crippen LogP contribution in [0.5, 0.6) is 0 Å². The average Bonchev–Trinajstić information content (AvgIpc) is 2.68. The van der Waals surface area contributed by atoms with Gasteiger partial charge in [0.15, 0.2) is 0 Å². The Morgan fingerprint density at radius 3 is 2.88 bits per heavy atom. The maximum atomic E-state index is 9.34. The molecule has 0 aliphatic rings. The normalized spacial score (nSPS) is 13.1. The first-order chi connectivity index (χ1) is 8.11. The second-order valence-corrected chi connectivity index (χ2v) is 5.15. The molecule has 3 N–H and O–H groups in total. The molecular weight excluding hydrogens is 232 g/mol. The molecule has 3 nitrogen and oxygen atoms in total. The van der Waals surface area contributed by atoms with Crippen molar-refractivity contribution in [2.24, 2.45) is 0 Å². The van der Waals surface area contributed by atoms with Crippen LogP contribution < -0.4 is 5.73 Å². The molecule has 92 valence electrons. The lowest BCUT2D eigenvalue weighted by Crippen LogP contribution is -2.06. The molecule has 0 fully saturated rings. The van der Waals surface area contributed by atoms with Crippen molar-refractivity contribution in [1.29, 1.82) is 0 Å². The summed E-state index contributed by atoms with van der Waals surface area (Å²) < 4.78 is 2.15. The van der Waals surface area contributed by atoms with E-state index < -0.39 is 0 Å². The Bertz CT molecular complexity index is 519. The van der Waals surface area contributed by atoms with Crippen molar-refractivity contribution in [3.63, 3.8) is 0 Å². The lowest BCUT2D eigenvalue weighted by atomic mass is 10.2. The van der Waals surface area contributed by atoms with Crippen LogP contribution >= 0.6 is 11.8 Å². The summed E-state index contributed by atoms with van der Waals surface area (Å²) in [6.45, 7) is 2.63. The van der Waals surface area contributed by atoms with Gasteiger partial charge in [-0.25, -0.2) is 0 Å². The fraction of sp³-hybridized carbons (Fsp3) is 0.385. The molecule has 17 heavy (non-hydrogen) atoms. The molecule has 4 heteroatoms. The smallest absolute Gasteiger partial charge is 0.0529 e. The van der Waals surface area contributed by atoms with Gasteiger partial charge in [0.1, 0.15) is 0 Å². The van der Waals surface area contributed by atoms with Crippen LogP contribution in [0, 0.1) is 0 Å². The number of aliphatic hydroxyl groups is 1. The maximum Gasteiger partial charge on any atom is 0.0529 e. The molecular formula is C13H18N2OS. The Hall–Kier alpha value is -1.13. The molecule has 0 aliphatic carbocycles. The first-order valence-corrected chi connectivity index (χ1v) is 6.94. The van der Waals surface area contributed by atoms with Crippen LogP contribution in [0.15, 0.2) is 29.3 Å². The summed E-state index contributed by atoms with van der Waals surface area (Å²) in [6, 6.07) is 6.12. The molecule has 1 heterocycles. The summed E-state index contributed by atoms with van der Waals surface area (Å²) in [4.78, 5) is 1.20. The standard InChI is InChI=1S/C13H18N2OS/c1-9(16)3-5-15-6-4-11-12(15)7-10(14)8-13(11)17-2/h4,6-9,16H,3,5,14H2,1-2H3. The summed E-state index contributed by atoms with van der Waals surface area (Å²) in [7, 11) is 0. The minimum absolute atomic E-state index is 0.270. The van der Waals surface area contributed by atoms with E-state index in [4.69, 9.17) is 5.73 Å². The van der Waals surface area contributed by atoms with Crippen LogP contribution in [0.2, 0.25) is 0 Å². The summed E-state index contributed by atoms with van der Waals surface area (Å²) in [6.07, 6.45) is 4.61. The first-order valence-electron chi connectivity index (χ1n) is 5.72. The molecule has 1 unspecified atom stereocenters. The van der Waals surface area contributed by atoms with Gasteiger partial charge in [-0.15, -0.1) is 11.8 Å². The number of rotatable bonds is 4. The van der Waals surface area contributed by atoms with Crippen molar-refractivity contribution >= 4 is 28.4 Å². The van der Waals surface area contributed by atoms with E-state index in [0.717, 1.165) is 24.2 Å². The number of aryl methyl sites for hydroxylation is 1. The molecule has 1 atom stereocenters. The van der Waals surface area contributed by atoms with Crippen LogP contribution in [-0.4, -0.2) is 22.0 Å². The number of nitrogen functional groups attached to an aromatic ring is 1. The number of aromatic nitrogens is 1. The predicted molar refractivity (Wildman–Crippen MR) is 74.4 cm³/mol. The minimum Gasteiger partial charge on any atom is -0.399 e. The van der Waals surface area contributed by atoms with Gasteiger partial charge in [-0.2, -0.15) is 0 Å². The fourth-order valence-corrected chi connectivity index (χ4v) is 2.62. The first kappa shape index (κ1) is 12.3. The average molecular weight is 250 g/mol. The van der Waals surface area contributed by atoms with Gasteiger partial charge in [0, 0.05) is 28.7 Å². The molecule has 0 saturated heterocycles. The summed E-state index contributed by atoms with van der Waals surface area (Å²) in [5.74, 6) is 0. The topological polar surface area (TPSA) is 51.2 Å². The molecule has 0 aliphatic heterocycles. The van der Waals surface area contributed by atoms with Crippen molar-refractivity contribution in [3.05, 3.63) is 24.4 Å². The number of hydrogen-bond donors (Lipinski definition) is 2. The van der Waals surface area contributed by atoms with Crippen molar-refractivity contribution in [3.8, 4) is 0 Å². The van der Waals surface area contributed by atoms with E-state index in [1.165, 1.54) is 10.3 Å². The van der Waals surface area contributed by atoms with E-state index in [2.05, 4.69) is 23.1 Å². The number of anilines is 1. The quantitative estimate of drug-likeness (QED) is 0.648. The summed E-state index contributed by atoms with van der Waals surface area (Å²) in [5.41, 5.74) is 7.85. The molecule has 1 aromatic carbocycles. The lowest BCUT2D eigenvalue weighted by molar-refractivity contribution is 0.178. The fourth-order valence-electron chi connectivity index (χ4n) is 1.97. The Labute approximate surface area is 106 Å². The number of nitrogens with zero attached hydrogens (tertiary/aromatic N) is 1. The number of thioether (sulfide) groups is 1. The lowest BCUT2D eigenvalue weighted by Gasteiger charge is -2.09. The SMILES string of the molecule is CSc1cc(N)cc2c1ccn2CCC(C)O. The monoisotopic (exact) mass is 250 g/mol. The molecule has 0 spiro atoms. The van der Waals surface area contributed by atoms with Gasteiger partial charge in [-0.1, -0.05) is 0 Å². The zero-order valence-corrected chi connectivity index (χ0v) is 11.0. The van der Waals surface area contributed by atoms with Crippen molar-refractivity contribution in [2.75, 3.05) is 12.0 Å². The summed E-state index contributed by atoms with van der Waals surface area (Å²) >= 11 is 1.71. The number of benzene rings is 1. The molecule has 0 amide bonds. The van der Waals surface area contributed by atoms with Gasteiger partial charge < -0.3 is 15.4 Å². The highest BCUT2D eigenvalue weighted by Gasteiger charge is 2.07. The molecule has 0 bridgehead atoms. The third-order valence-electron chi connectivity index (χ3n) is 2.88. The Morgan fingerprint density at radius 2 is 2.24 bits per heavy atom. The van der Waals surface area contributed by atoms with E-state index >= 15 is 0 Å². The Morgan fingerprint density at radius 1 is 1.47 bits per heavy atom. The van der Waals surface area contributed by atoms with E-state index in [-0.39, 0.29) is 6.10 Å². The largest absolute Gasteiger partial charge is 0.399 e. The van der Waals surface area contributed by atoms with Crippen LogP contribution in [0.4, 0.5) is 5.69 Å². The number of aliphatic hydroxyl groups excluding tert-OH is 1. The van der Waals surface area contributed by atoms with Crippen LogP contribution in [0.3, 0.4) is 0 Å². The highest BCUT2D eigenvalue weighted by atomic mass is 32.2. The maximum absolute atomic E-state index is 9.34. The predicted octanol–water partition coefficient (Wildman–Crippen LogP) is 2.72. The van der Waals surface area contributed by atoms with E-state index in [9.17, 15) is 5.11 Å². The van der Waals surface area contributed by atoms with Crippen molar-refractivity contribution in [2.45, 2.75) is 30.9 Å². The van der Waals surface area contributed by atoms with Gasteiger partial charge in [-0.05, 0) is 37.8 Å². The van der Waals surface area contributed by atoms with Crippen molar-refractivity contribution < 1.29 is 5.11 Å². The van der Waals surface area contributed by atoms with E-state index in [1.54, 1.807) is 11.8 Å². The van der Waals surface area contributed by atoms with Crippen LogP contribution in [-0.2, 0) is 6.54 Å². The van der Waals surface area contributed by atoms with Gasteiger partial charge in [-0.3, -0.25) is 0 Å². The highest BCUT2D eigenvalue weighted by molar-refractivity contribution is 7.98. The molecule has 1 aromatic heterocycles. The number of fused-ring (bicyclic) bond motifs is 1. The second-order valence-electron chi connectivity index (χ2n) is 4.30. The minimum atomic E-state index is -0.270. The highest BCUT2D eigenvalue weighted by Crippen LogP contribution is 2.30. The summed E-state index contributed by atoms with van der Waals surface area (Å²) in [5, 5.41) is 10.6. The van der Waals surface area contributed by atoms with E-state index in [1.807, 2.05) is 19.1 Å².